The summed E-state index contributed by atoms with van der Waals surface area (Å²) in [7, 11) is 0. The van der Waals surface area contributed by atoms with E-state index in [1.807, 2.05) is 18.2 Å². The summed E-state index contributed by atoms with van der Waals surface area (Å²) in [5.41, 5.74) is 1.75. The molecule has 6 heteroatoms. The molecule has 1 N–H and O–H groups in total. The lowest BCUT2D eigenvalue weighted by Gasteiger charge is -2.17. The topological polar surface area (TPSA) is 75.5 Å². The number of hydrogen-bond acceptors (Lipinski definition) is 4. The molecule has 0 aromatic heterocycles. The third kappa shape index (κ3) is 4.03. The number of nitro groups is 1. The summed E-state index contributed by atoms with van der Waals surface area (Å²) in [6, 6.07) is 15.0. The van der Waals surface area contributed by atoms with E-state index in [-0.39, 0.29) is 23.2 Å². The number of likely N-dealkylation sites (tertiary alicyclic amines) is 1. The van der Waals surface area contributed by atoms with Gasteiger partial charge in [0.05, 0.1) is 4.92 Å². The smallest absolute Gasteiger partial charge is 0.285 e. The summed E-state index contributed by atoms with van der Waals surface area (Å²) in [5, 5.41) is 14.2. The van der Waals surface area contributed by atoms with Crippen LogP contribution in [0.5, 0.6) is 0 Å². The zero-order valence-corrected chi connectivity index (χ0v) is 14.1. The molecule has 6 nitrogen and oxygen atoms in total. The predicted molar refractivity (Wildman–Crippen MR) is 95.4 cm³/mol. The number of nitrogens with one attached hydrogen (secondary N) is 1. The van der Waals surface area contributed by atoms with Gasteiger partial charge in [-0.15, -0.1) is 0 Å². The highest BCUT2D eigenvalue weighted by atomic mass is 16.6. The number of amides is 1. The van der Waals surface area contributed by atoms with Gasteiger partial charge in [-0.25, -0.2) is 0 Å². The molecule has 1 aliphatic heterocycles. The van der Waals surface area contributed by atoms with E-state index in [1.165, 1.54) is 11.6 Å². The van der Waals surface area contributed by atoms with Crippen LogP contribution in [-0.2, 0) is 6.54 Å². The molecule has 2 aromatic carbocycles. The normalized spacial score (nSPS) is 17.4. The van der Waals surface area contributed by atoms with E-state index in [2.05, 4.69) is 22.3 Å². The minimum Gasteiger partial charge on any atom is -0.348 e. The molecule has 2 aromatic rings. The first-order chi connectivity index (χ1) is 12.0. The maximum Gasteiger partial charge on any atom is 0.285 e. The van der Waals surface area contributed by atoms with Crippen LogP contribution >= 0.6 is 0 Å². The van der Waals surface area contributed by atoms with Crippen molar-refractivity contribution in [1.29, 1.82) is 0 Å². The molecule has 1 atom stereocenters. The third-order valence-corrected chi connectivity index (χ3v) is 4.52. The van der Waals surface area contributed by atoms with E-state index in [1.54, 1.807) is 19.1 Å². The molecule has 1 heterocycles. The van der Waals surface area contributed by atoms with E-state index >= 15 is 0 Å². The molecule has 1 saturated heterocycles. The Labute approximate surface area is 146 Å². The number of carbonyl (C=O) groups excluding carboxylic acids is 1. The molecule has 130 valence electrons. The summed E-state index contributed by atoms with van der Waals surface area (Å²) < 4.78 is 0. The lowest BCUT2D eigenvalue weighted by molar-refractivity contribution is -0.385. The lowest BCUT2D eigenvalue weighted by Crippen LogP contribution is -2.37. The van der Waals surface area contributed by atoms with Gasteiger partial charge >= 0.3 is 0 Å². The lowest BCUT2D eigenvalue weighted by atomic mass is 10.1. The maximum absolute atomic E-state index is 12.5. The standard InChI is InChI=1S/C19H21N3O3/c1-14-6-5-9-17(18(14)22(24)25)19(23)20-16-10-11-21(13-16)12-15-7-3-2-4-8-15/h2-9,16H,10-13H2,1H3,(H,20,23). The van der Waals surface area contributed by atoms with Gasteiger partial charge in [-0.1, -0.05) is 42.5 Å². The van der Waals surface area contributed by atoms with Gasteiger partial charge in [0.1, 0.15) is 5.56 Å². The van der Waals surface area contributed by atoms with Gasteiger partial charge in [0.2, 0.25) is 0 Å². The SMILES string of the molecule is Cc1cccc(C(=O)NC2CCN(Cc3ccccc3)C2)c1[N+](=O)[O-]. The quantitative estimate of drug-likeness (QED) is 0.671. The zero-order chi connectivity index (χ0) is 17.8. The Balaban J connectivity index is 1.63. The van der Waals surface area contributed by atoms with Crippen LogP contribution in [0.25, 0.3) is 0 Å². The first-order valence-electron chi connectivity index (χ1n) is 8.35. The third-order valence-electron chi connectivity index (χ3n) is 4.52. The molecule has 0 aliphatic carbocycles. The van der Waals surface area contributed by atoms with E-state index in [4.69, 9.17) is 0 Å². The van der Waals surface area contributed by atoms with Crippen molar-refractivity contribution in [3.63, 3.8) is 0 Å². The molecule has 0 saturated carbocycles. The minimum absolute atomic E-state index is 0.0105. The molecule has 0 bridgehead atoms. The minimum atomic E-state index is -0.486. The number of benzene rings is 2. The summed E-state index contributed by atoms with van der Waals surface area (Å²) in [5.74, 6) is -0.373. The number of nitro benzene ring substituents is 1. The van der Waals surface area contributed by atoms with Crippen molar-refractivity contribution in [2.75, 3.05) is 13.1 Å². The molecule has 1 amide bonds. The number of hydrogen-bond donors (Lipinski definition) is 1. The Morgan fingerprint density at radius 3 is 2.72 bits per heavy atom. The number of aryl methyl sites for hydroxylation is 1. The molecule has 1 fully saturated rings. The first-order valence-corrected chi connectivity index (χ1v) is 8.35. The highest BCUT2D eigenvalue weighted by molar-refractivity contribution is 5.98. The molecule has 1 aliphatic rings. The second-order valence-electron chi connectivity index (χ2n) is 6.41. The maximum atomic E-state index is 12.5. The van der Waals surface area contributed by atoms with Crippen molar-refractivity contribution in [3.05, 3.63) is 75.3 Å². The van der Waals surface area contributed by atoms with Crippen molar-refractivity contribution in [2.45, 2.75) is 25.9 Å². The van der Waals surface area contributed by atoms with Crippen LogP contribution in [0.15, 0.2) is 48.5 Å². The molecule has 0 spiro atoms. The highest BCUT2D eigenvalue weighted by Gasteiger charge is 2.27. The monoisotopic (exact) mass is 339 g/mol. The van der Waals surface area contributed by atoms with Gasteiger partial charge in [-0.05, 0) is 25.0 Å². The fourth-order valence-electron chi connectivity index (χ4n) is 3.28. The number of para-hydroxylation sites is 1. The average molecular weight is 339 g/mol. The van der Waals surface area contributed by atoms with Crippen molar-refractivity contribution in [2.24, 2.45) is 0 Å². The van der Waals surface area contributed by atoms with Gasteiger partial charge in [-0.2, -0.15) is 0 Å². The molecule has 25 heavy (non-hydrogen) atoms. The second-order valence-corrected chi connectivity index (χ2v) is 6.41. The Hall–Kier alpha value is -2.73. The fourth-order valence-corrected chi connectivity index (χ4v) is 3.28. The van der Waals surface area contributed by atoms with E-state index in [9.17, 15) is 14.9 Å². The Morgan fingerprint density at radius 2 is 2.00 bits per heavy atom. The van der Waals surface area contributed by atoms with Crippen LogP contribution in [0, 0.1) is 17.0 Å². The molecule has 1 unspecified atom stereocenters. The summed E-state index contributed by atoms with van der Waals surface area (Å²) in [6.45, 7) is 4.14. The van der Waals surface area contributed by atoms with Crippen LogP contribution in [0.1, 0.15) is 27.9 Å². The number of rotatable bonds is 5. The van der Waals surface area contributed by atoms with Crippen LogP contribution in [0.3, 0.4) is 0 Å². The summed E-state index contributed by atoms with van der Waals surface area (Å²) in [4.78, 5) is 25.6. The summed E-state index contributed by atoms with van der Waals surface area (Å²) >= 11 is 0. The van der Waals surface area contributed by atoms with Crippen LogP contribution in [0.4, 0.5) is 5.69 Å². The Kier molecular flexibility index (Phi) is 5.09. The van der Waals surface area contributed by atoms with Gasteiger partial charge in [0, 0.05) is 31.2 Å². The second kappa shape index (κ2) is 7.44. The Bertz CT molecular complexity index is 777. The average Bonchev–Trinajstić information content (AvgIpc) is 3.02. The van der Waals surface area contributed by atoms with Gasteiger partial charge in [0.15, 0.2) is 0 Å². The van der Waals surface area contributed by atoms with Gasteiger partial charge in [-0.3, -0.25) is 19.8 Å². The van der Waals surface area contributed by atoms with Crippen LogP contribution in [0.2, 0.25) is 0 Å². The largest absolute Gasteiger partial charge is 0.348 e. The van der Waals surface area contributed by atoms with Crippen molar-refractivity contribution >= 4 is 11.6 Å². The molecule has 3 rings (SSSR count). The van der Waals surface area contributed by atoms with Crippen LogP contribution < -0.4 is 5.32 Å². The predicted octanol–water partition coefficient (Wildman–Crippen LogP) is 2.91. The van der Waals surface area contributed by atoms with Gasteiger partial charge < -0.3 is 5.32 Å². The van der Waals surface area contributed by atoms with Crippen LogP contribution in [-0.4, -0.2) is 34.9 Å². The van der Waals surface area contributed by atoms with E-state index < -0.39 is 4.92 Å². The van der Waals surface area contributed by atoms with Crippen molar-refractivity contribution < 1.29 is 9.72 Å². The Morgan fingerprint density at radius 1 is 1.24 bits per heavy atom. The number of carbonyl (C=O) groups is 1. The van der Waals surface area contributed by atoms with E-state index in [0.29, 0.717) is 5.56 Å². The zero-order valence-electron chi connectivity index (χ0n) is 14.1. The van der Waals surface area contributed by atoms with Crippen molar-refractivity contribution in [3.8, 4) is 0 Å². The van der Waals surface area contributed by atoms with Gasteiger partial charge in [0.25, 0.3) is 11.6 Å². The fraction of sp³-hybridized carbons (Fsp3) is 0.316. The first kappa shape index (κ1) is 17.1. The number of nitrogens with zero attached hydrogens (tertiary/aromatic N) is 2. The molecular formula is C19H21N3O3. The highest BCUT2D eigenvalue weighted by Crippen LogP contribution is 2.23. The van der Waals surface area contributed by atoms with E-state index in [0.717, 1.165) is 26.1 Å². The molecular weight excluding hydrogens is 318 g/mol. The van der Waals surface area contributed by atoms with Crippen molar-refractivity contribution in [1.82, 2.24) is 10.2 Å². The summed E-state index contributed by atoms with van der Waals surface area (Å²) in [6.07, 6.45) is 0.845. The molecule has 0 radical (unpaired) electrons.